The van der Waals surface area contributed by atoms with Gasteiger partial charge in [-0.05, 0) is 18.6 Å². The van der Waals surface area contributed by atoms with Crippen LogP contribution in [0.3, 0.4) is 0 Å². The van der Waals surface area contributed by atoms with E-state index in [9.17, 15) is 4.79 Å². The normalized spacial score (nSPS) is 14.3. The number of esters is 1. The van der Waals surface area contributed by atoms with Gasteiger partial charge in [0.05, 0.1) is 5.56 Å². The fourth-order valence-electron chi connectivity index (χ4n) is 1.27. The van der Waals surface area contributed by atoms with Gasteiger partial charge in [-0.1, -0.05) is 22.0 Å². The molecule has 0 fully saturated rings. The van der Waals surface area contributed by atoms with Crippen LogP contribution >= 0.6 is 15.9 Å². The number of benzene rings is 1. The van der Waals surface area contributed by atoms with E-state index in [0.29, 0.717) is 12.2 Å². The molecule has 3 heteroatoms. The van der Waals surface area contributed by atoms with Crippen LogP contribution in [0.25, 0.3) is 0 Å². The summed E-state index contributed by atoms with van der Waals surface area (Å²) in [5.41, 5.74) is 2.81. The van der Waals surface area contributed by atoms with Crippen LogP contribution in [0.1, 0.15) is 21.5 Å². The lowest BCUT2D eigenvalue weighted by Crippen LogP contribution is -1.93. The quantitative estimate of drug-likeness (QED) is 0.636. The lowest BCUT2D eigenvalue weighted by atomic mass is 10.1. The van der Waals surface area contributed by atoms with Gasteiger partial charge in [0.25, 0.3) is 0 Å². The second kappa shape index (κ2) is 2.59. The van der Waals surface area contributed by atoms with Crippen LogP contribution in [-0.4, -0.2) is 5.97 Å². The fourth-order valence-corrected chi connectivity index (χ4v) is 1.62. The van der Waals surface area contributed by atoms with Gasteiger partial charge in [0.1, 0.15) is 6.61 Å². The molecule has 12 heavy (non-hydrogen) atoms. The third-order valence-electron chi connectivity index (χ3n) is 1.96. The number of ether oxygens (including phenoxy) is 1. The van der Waals surface area contributed by atoms with E-state index in [1.165, 1.54) is 0 Å². The summed E-state index contributed by atoms with van der Waals surface area (Å²) in [7, 11) is 0. The van der Waals surface area contributed by atoms with Crippen LogP contribution in [0.15, 0.2) is 16.6 Å². The highest BCUT2D eigenvalue weighted by Gasteiger charge is 2.21. The van der Waals surface area contributed by atoms with Crippen LogP contribution < -0.4 is 0 Å². The Balaban J connectivity index is 2.63. The molecule has 1 aromatic carbocycles. The number of carbonyl (C=O) groups is 1. The van der Waals surface area contributed by atoms with Crippen molar-refractivity contribution in [1.29, 1.82) is 0 Å². The maximum atomic E-state index is 11.1. The zero-order chi connectivity index (χ0) is 8.72. The minimum absolute atomic E-state index is 0.217. The standard InChI is InChI=1S/C9H7BrO2/c1-5-2-6-4-12-9(11)7(6)3-8(5)10/h2-3H,4H2,1H3. The molecule has 1 heterocycles. The minimum Gasteiger partial charge on any atom is -0.457 e. The highest BCUT2D eigenvalue weighted by molar-refractivity contribution is 9.10. The topological polar surface area (TPSA) is 26.3 Å². The Morgan fingerprint density at radius 1 is 1.50 bits per heavy atom. The van der Waals surface area contributed by atoms with Crippen molar-refractivity contribution >= 4 is 21.9 Å². The Labute approximate surface area is 78.7 Å². The molecule has 0 atom stereocenters. The van der Waals surface area contributed by atoms with Crippen molar-refractivity contribution < 1.29 is 9.53 Å². The third-order valence-corrected chi connectivity index (χ3v) is 2.82. The van der Waals surface area contributed by atoms with E-state index in [2.05, 4.69) is 15.9 Å². The van der Waals surface area contributed by atoms with Gasteiger partial charge in [-0.2, -0.15) is 0 Å². The molecule has 0 radical (unpaired) electrons. The summed E-state index contributed by atoms with van der Waals surface area (Å²) in [4.78, 5) is 11.1. The van der Waals surface area contributed by atoms with E-state index in [1.54, 1.807) is 0 Å². The summed E-state index contributed by atoms with van der Waals surface area (Å²) in [6.07, 6.45) is 0. The van der Waals surface area contributed by atoms with E-state index >= 15 is 0 Å². The smallest absolute Gasteiger partial charge is 0.338 e. The Bertz CT molecular complexity index is 358. The first-order valence-electron chi connectivity index (χ1n) is 3.64. The van der Waals surface area contributed by atoms with Gasteiger partial charge >= 0.3 is 5.97 Å². The van der Waals surface area contributed by atoms with Gasteiger partial charge < -0.3 is 4.74 Å². The lowest BCUT2D eigenvalue weighted by molar-refractivity contribution is 0.0535. The van der Waals surface area contributed by atoms with E-state index in [-0.39, 0.29) is 5.97 Å². The summed E-state index contributed by atoms with van der Waals surface area (Å²) in [6, 6.07) is 3.80. The van der Waals surface area contributed by atoms with E-state index in [0.717, 1.165) is 15.6 Å². The van der Waals surface area contributed by atoms with Crippen molar-refractivity contribution in [3.63, 3.8) is 0 Å². The molecule has 1 aliphatic rings. The Hall–Kier alpha value is -0.830. The monoisotopic (exact) mass is 226 g/mol. The van der Waals surface area contributed by atoms with Crippen molar-refractivity contribution in [2.45, 2.75) is 13.5 Å². The van der Waals surface area contributed by atoms with Crippen molar-refractivity contribution in [3.05, 3.63) is 33.3 Å². The number of halogens is 1. The molecule has 0 unspecified atom stereocenters. The predicted octanol–water partition coefficient (Wildman–Crippen LogP) is 2.43. The molecule has 0 aromatic heterocycles. The highest BCUT2D eigenvalue weighted by Crippen LogP contribution is 2.26. The second-order valence-corrected chi connectivity index (χ2v) is 3.69. The molecule has 2 nitrogen and oxygen atoms in total. The summed E-state index contributed by atoms with van der Waals surface area (Å²) in [5.74, 6) is -0.217. The van der Waals surface area contributed by atoms with Gasteiger partial charge in [-0.3, -0.25) is 0 Å². The van der Waals surface area contributed by atoms with E-state index in [4.69, 9.17) is 4.74 Å². The van der Waals surface area contributed by atoms with Crippen molar-refractivity contribution in [3.8, 4) is 0 Å². The number of aryl methyl sites for hydroxylation is 1. The first-order valence-corrected chi connectivity index (χ1v) is 4.44. The molecule has 0 saturated carbocycles. The average molecular weight is 227 g/mol. The molecule has 2 rings (SSSR count). The number of hydrogen-bond acceptors (Lipinski definition) is 2. The number of fused-ring (bicyclic) bond motifs is 1. The predicted molar refractivity (Wildman–Crippen MR) is 48.0 cm³/mol. The molecular formula is C9H7BrO2. The van der Waals surface area contributed by atoms with E-state index in [1.807, 2.05) is 19.1 Å². The number of cyclic esters (lactones) is 1. The maximum absolute atomic E-state index is 11.1. The number of rotatable bonds is 0. The largest absolute Gasteiger partial charge is 0.457 e. The average Bonchev–Trinajstić information content (AvgIpc) is 2.35. The summed E-state index contributed by atoms with van der Waals surface area (Å²) in [6.45, 7) is 2.41. The van der Waals surface area contributed by atoms with Crippen LogP contribution in [-0.2, 0) is 11.3 Å². The van der Waals surface area contributed by atoms with Crippen LogP contribution in [0.4, 0.5) is 0 Å². The zero-order valence-electron chi connectivity index (χ0n) is 6.56. The summed E-state index contributed by atoms with van der Waals surface area (Å²) < 4.78 is 5.83. The molecule has 0 aliphatic carbocycles. The molecule has 0 bridgehead atoms. The number of hydrogen-bond donors (Lipinski definition) is 0. The van der Waals surface area contributed by atoms with Gasteiger partial charge in [-0.25, -0.2) is 4.79 Å². The Kier molecular flexibility index (Phi) is 1.68. The van der Waals surface area contributed by atoms with Crippen LogP contribution in [0.2, 0.25) is 0 Å². The first-order chi connectivity index (χ1) is 5.68. The van der Waals surface area contributed by atoms with Crippen LogP contribution in [0, 0.1) is 6.92 Å². The van der Waals surface area contributed by atoms with Crippen LogP contribution in [0.5, 0.6) is 0 Å². The lowest BCUT2D eigenvalue weighted by Gasteiger charge is -1.99. The Morgan fingerprint density at radius 2 is 2.25 bits per heavy atom. The van der Waals surface area contributed by atoms with Gasteiger partial charge in [-0.15, -0.1) is 0 Å². The summed E-state index contributed by atoms with van der Waals surface area (Å²) in [5, 5.41) is 0. The molecule has 62 valence electrons. The zero-order valence-corrected chi connectivity index (χ0v) is 8.14. The van der Waals surface area contributed by atoms with Crippen molar-refractivity contribution in [2.75, 3.05) is 0 Å². The molecule has 0 N–H and O–H groups in total. The third kappa shape index (κ3) is 1.05. The van der Waals surface area contributed by atoms with Crippen molar-refractivity contribution in [1.82, 2.24) is 0 Å². The van der Waals surface area contributed by atoms with E-state index < -0.39 is 0 Å². The molecule has 0 spiro atoms. The van der Waals surface area contributed by atoms with Gasteiger partial charge in [0.15, 0.2) is 0 Å². The summed E-state index contributed by atoms with van der Waals surface area (Å²) >= 11 is 3.37. The molecular weight excluding hydrogens is 220 g/mol. The Morgan fingerprint density at radius 3 is 3.00 bits per heavy atom. The maximum Gasteiger partial charge on any atom is 0.338 e. The second-order valence-electron chi connectivity index (χ2n) is 2.83. The molecule has 0 amide bonds. The molecule has 1 aromatic rings. The van der Waals surface area contributed by atoms with Crippen molar-refractivity contribution in [2.24, 2.45) is 0 Å². The molecule has 0 saturated heterocycles. The first kappa shape index (κ1) is 7.80. The van der Waals surface area contributed by atoms with Gasteiger partial charge in [0, 0.05) is 10.0 Å². The molecule has 1 aliphatic heterocycles. The highest BCUT2D eigenvalue weighted by atomic mass is 79.9. The SMILES string of the molecule is Cc1cc2c(cc1Br)C(=O)OC2. The fraction of sp³-hybridized carbons (Fsp3) is 0.222. The minimum atomic E-state index is -0.217. The number of carbonyl (C=O) groups excluding carboxylic acids is 1. The van der Waals surface area contributed by atoms with Gasteiger partial charge in [0.2, 0.25) is 0 Å².